The smallest absolute Gasteiger partial charge is 0.546 e. The van der Waals surface area contributed by atoms with Crippen LogP contribution in [0.2, 0.25) is 0 Å². The molecule has 0 N–H and O–H groups in total. The maximum atomic E-state index is 10.4. The summed E-state index contributed by atoms with van der Waals surface area (Å²) in [6.07, 6.45) is 0. The van der Waals surface area contributed by atoms with E-state index < -0.39 is 12.6 Å². The van der Waals surface area contributed by atoms with Crippen LogP contribution in [0.5, 0.6) is 5.75 Å². The number of rotatable bonds is 3. The third-order valence-corrected chi connectivity index (χ3v) is 2.29. The average Bonchev–Trinajstić information content (AvgIpc) is 2.14. The molecule has 0 aliphatic rings. The number of aryl methyl sites for hydroxylation is 1. The molecule has 0 aliphatic heterocycles. The molecule has 0 atom stereocenters. The number of hydrogen-bond donors (Lipinski definition) is 0. The predicted molar refractivity (Wildman–Crippen MR) is 60.4 cm³/mol. The van der Waals surface area contributed by atoms with Gasteiger partial charge in [-0.2, -0.15) is 0 Å². The molecule has 0 aliphatic carbocycles. The van der Waals surface area contributed by atoms with Crippen molar-refractivity contribution in [3.63, 3.8) is 0 Å². The summed E-state index contributed by atoms with van der Waals surface area (Å²) in [5.74, 6) is -0.595. The summed E-state index contributed by atoms with van der Waals surface area (Å²) in [5.41, 5.74) is 2.06. The van der Waals surface area contributed by atoms with Crippen molar-refractivity contribution in [3.05, 3.63) is 29.3 Å². The van der Waals surface area contributed by atoms with Crippen LogP contribution in [-0.2, 0) is 10.2 Å². The van der Waals surface area contributed by atoms with Gasteiger partial charge < -0.3 is 14.6 Å². The summed E-state index contributed by atoms with van der Waals surface area (Å²) >= 11 is 0. The number of carboxylic acids is 1. The van der Waals surface area contributed by atoms with E-state index in [1.165, 1.54) is 0 Å². The Hall–Kier alpha value is -0.913. The minimum atomic E-state index is -1.21. The van der Waals surface area contributed by atoms with Crippen LogP contribution in [0.15, 0.2) is 18.2 Å². The van der Waals surface area contributed by atoms with Crippen molar-refractivity contribution in [2.24, 2.45) is 0 Å². The molecule has 0 unspecified atom stereocenters. The zero-order chi connectivity index (χ0) is 12.3. The van der Waals surface area contributed by atoms with Crippen molar-refractivity contribution >= 4 is 5.97 Å². The monoisotopic (exact) mass is 228 g/mol. The topological polar surface area (TPSA) is 49.4 Å². The van der Waals surface area contributed by atoms with Gasteiger partial charge in [-0.1, -0.05) is 38.5 Å². The zero-order valence-electron chi connectivity index (χ0n) is 11.2. The Kier molecular flexibility index (Phi) is 5.81. The van der Waals surface area contributed by atoms with Crippen LogP contribution in [0.1, 0.15) is 31.9 Å². The van der Waals surface area contributed by atoms with E-state index in [4.69, 9.17) is 4.74 Å². The van der Waals surface area contributed by atoms with Crippen LogP contribution in [0.25, 0.3) is 0 Å². The largest absolute Gasteiger partial charge is 1.00 e. The van der Waals surface area contributed by atoms with Gasteiger partial charge in [-0.15, -0.1) is 0 Å². The van der Waals surface area contributed by atoms with E-state index in [1.807, 2.05) is 19.1 Å². The van der Waals surface area contributed by atoms with Gasteiger partial charge in [0.2, 0.25) is 0 Å². The van der Waals surface area contributed by atoms with Crippen LogP contribution in [-0.4, -0.2) is 12.6 Å². The van der Waals surface area contributed by atoms with E-state index in [9.17, 15) is 9.90 Å². The van der Waals surface area contributed by atoms with Crippen LogP contribution in [0, 0.1) is 6.92 Å². The Morgan fingerprint density at radius 3 is 2.41 bits per heavy atom. The number of carbonyl (C=O) groups excluding carboxylic acids is 1. The normalized spacial score (nSPS) is 10.6. The number of carbonyl (C=O) groups is 1. The van der Waals surface area contributed by atoms with Crippen molar-refractivity contribution in [1.29, 1.82) is 0 Å². The summed E-state index contributed by atoms with van der Waals surface area (Å²) in [4.78, 5) is 10.4. The minimum Gasteiger partial charge on any atom is -0.546 e. The molecule has 1 aromatic carbocycles. The molecule has 0 aromatic heterocycles. The fourth-order valence-corrected chi connectivity index (χ4v) is 1.49. The molecule has 0 saturated carbocycles. The van der Waals surface area contributed by atoms with Gasteiger partial charge in [-0.05, 0) is 24.0 Å². The molecule has 0 fully saturated rings. The van der Waals surface area contributed by atoms with E-state index in [2.05, 4.69) is 20.8 Å². The van der Waals surface area contributed by atoms with Gasteiger partial charge in [0.25, 0.3) is 0 Å². The second-order valence-electron chi connectivity index (χ2n) is 4.91. The van der Waals surface area contributed by atoms with E-state index in [1.54, 1.807) is 6.07 Å². The predicted octanol–water partition coefficient (Wildman–Crippen LogP) is -1.57. The van der Waals surface area contributed by atoms with Crippen molar-refractivity contribution < 1.29 is 33.5 Å². The van der Waals surface area contributed by atoms with Gasteiger partial charge in [0.1, 0.15) is 12.4 Å². The summed E-state index contributed by atoms with van der Waals surface area (Å²) < 4.78 is 5.22. The molecule has 1 rings (SSSR count). The molecule has 0 saturated heterocycles. The Balaban J connectivity index is 0.00000256. The molecule has 0 radical (unpaired) electrons. The maximum absolute atomic E-state index is 10.4. The minimum absolute atomic E-state index is 0. The first kappa shape index (κ1) is 16.1. The molecule has 1 aromatic rings. The summed E-state index contributed by atoms with van der Waals surface area (Å²) in [6, 6.07) is 5.73. The summed E-state index contributed by atoms with van der Waals surface area (Å²) in [7, 11) is 0. The first-order valence-corrected chi connectivity index (χ1v) is 5.24. The second-order valence-corrected chi connectivity index (χ2v) is 4.91. The quantitative estimate of drug-likeness (QED) is 0.587. The van der Waals surface area contributed by atoms with Gasteiger partial charge in [0.15, 0.2) is 0 Å². The standard InChI is InChI=1S/C13H18O3.Li/c1-9-5-6-11(16-8-12(14)15)10(7-9)13(2,3)4;/h5-7H,8H2,1-4H3,(H,14,15);/q;+1/p-1. The Morgan fingerprint density at radius 1 is 1.35 bits per heavy atom. The number of benzene rings is 1. The van der Waals surface area contributed by atoms with E-state index >= 15 is 0 Å². The van der Waals surface area contributed by atoms with E-state index in [0.29, 0.717) is 5.75 Å². The van der Waals surface area contributed by atoms with Crippen molar-refractivity contribution in [1.82, 2.24) is 0 Å². The molecule has 88 valence electrons. The maximum Gasteiger partial charge on any atom is 1.00 e. The average molecular weight is 228 g/mol. The van der Waals surface area contributed by atoms with Crippen molar-refractivity contribution in [2.75, 3.05) is 6.61 Å². The second kappa shape index (κ2) is 6.14. The third-order valence-electron chi connectivity index (χ3n) is 2.29. The molecule has 0 amide bonds. The van der Waals surface area contributed by atoms with Crippen molar-refractivity contribution in [2.45, 2.75) is 33.1 Å². The zero-order valence-corrected chi connectivity index (χ0v) is 11.2. The number of aliphatic carboxylic acids is 1. The summed E-state index contributed by atoms with van der Waals surface area (Å²) in [5, 5.41) is 10.4. The van der Waals surface area contributed by atoms with Crippen molar-refractivity contribution in [3.8, 4) is 5.75 Å². The van der Waals surface area contributed by atoms with Crippen LogP contribution in [0.3, 0.4) is 0 Å². The van der Waals surface area contributed by atoms with Gasteiger partial charge >= 0.3 is 18.9 Å². The van der Waals surface area contributed by atoms with Crippen LogP contribution in [0.4, 0.5) is 0 Å². The molecular weight excluding hydrogens is 211 g/mol. The number of hydrogen-bond acceptors (Lipinski definition) is 3. The van der Waals surface area contributed by atoms with Gasteiger partial charge in [0, 0.05) is 0 Å². The third kappa shape index (κ3) is 4.85. The van der Waals surface area contributed by atoms with Gasteiger partial charge in [-0.25, -0.2) is 0 Å². The number of carboxylic acid groups (broad SMARTS) is 1. The Bertz CT molecular complexity index is 394. The molecule has 4 heteroatoms. The fraction of sp³-hybridized carbons (Fsp3) is 0.462. The van der Waals surface area contributed by atoms with Gasteiger partial charge in [0.05, 0.1) is 5.97 Å². The van der Waals surface area contributed by atoms with E-state index in [0.717, 1.165) is 11.1 Å². The molecule has 0 bridgehead atoms. The number of ether oxygens (including phenoxy) is 1. The first-order valence-electron chi connectivity index (χ1n) is 5.24. The molecule has 17 heavy (non-hydrogen) atoms. The van der Waals surface area contributed by atoms with E-state index in [-0.39, 0.29) is 24.3 Å². The molecule has 0 heterocycles. The first-order chi connectivity index (χ1) is 7.30. The van der Waals surface area contributed by atoms with Crippen LogP contribution >= 0.6 is 0 Å². The molecule has 3 nitrogen and oxygen atoms in total. The molecule has 0 spiro atoms. The van der Waals surface area contributed by atoms with Gasteiger partial charge in [-0.3, -0.25) is 0 Å². The Morgan fingerprint density at radius 2 is 1.94 bits per heavy atom. The van der Waals surface area contributed by atoms with Crippen LogP contribution < -0.4 is 28.7 Å². The SMILES string of the molecule is Cc1ccc(OCC(=O)[O-])c(C(C)(C)C)c1.[Li+]. The Labute approximate surface area is 114 Å². The fourth-order valence-electron chi connectivity index (χ4n) is 1.49. The molecular formula is C13H17LiO3. The summed E-state index contributed by atoms with van der Waals surface area (Å²) in [6.45, 7) is 7.78.